The molecule has 0 fully saturated rings. The average molecular weight is 222 g/mol. The molecule has 0 aliphatic carbocycles. The van der Waals surface area contributed by atoms with E-state index in [4.69, 9.17) is 0 Å². The smallest absolute Gasteiger partial charge is 0.0836 e. The molecule has 1 heterocycles. The van der Waals surface area contributed by atoms with Crippen LogP contribution in [0.25, 0.3) is 0 Å². The molecule has 1 unspecified atom stereocenters. The van der Waals surface area contributed by atoms with E-state index in [1.165, 1.54) is 0 Å². The fraction of sp³-hybridized carbons (Fsp3) is 0.667. The highest BCUT2D eigenvalue weighted by molar-refractivity contribution is 5.04. The van der Waals surface area contributed by atoms with E-state index in [9.17, 15) is 0 Å². The fourth-order valence-electron chi connectivity index (χ4n) is 1.53. The Morgan fingerprint density at radius 1 is 1.62 bits per heavy atom. The maximum absolute atomic E-state index is 4.11. The van der Waals surface area contributed by atoms with Crippen molar-refractivity contribution in [2.24, 2.45) is 12.5 Å². The minimum atomic E-state index is 0.0281. The molecule has 0 aromatic carbocycles. The highest BCUT2D eigenvalue weighted by Crippen LogP contribution is 2.21. The van der Waals surface area contributed by atoms with Gasteiger partial charge in [-0.05, 0) is 0 Å². The van der Waals surface area contributed by atoms with Crippen molar-refractivity contribution >= 4 is 0 Å². The third-order valence-corrected chi connectivity index (χ3v) is 2.64. The maximum atomic E-state index is 4.11. The molecule has 1 aromatic rings. The summed E-state index contributed by atoms with van der Waals surface area (Å²) in [5, 5.41) is 11.5. The van der Waals surface area contributed by atoms with E-state index in [1.807, 2.05) is 19.3 Å². The van der Waals surface area contributed by atoms with Crippen molar-refractivity contribution in [2.45, 2.75) is 33.2 Å². The standard InChI is InChI=1S/C12H22N4/c1-6-12(4,9-13-10(2)3)7-11-8-16(5)15-14-11/h6,8,10,13H,1,7,9H2,2-5H3. The van der Waals surface area contributed by atoms with Gasteiger partial charge in [0.25, 0.3) is 0 Å². The molecule has 1 atom stereocenters. The fourth-order valence-corrected chi connectivity index (χ4v) is 1.53. The Balaban J connectivity index is 2.62. The summed E-state index contributed by atoms with van der Waals surface area (Å²) in [4.78, 5) is 0. The lowest BCUT2D eigenvalue weighted by Gasteiger charge is -2.26. The largest absolute Gasteiger partial charge is 0.314 e. The number of nitrogens with zero attached hydrogens (tertiary/aromatic N) is 3. The first-order chi connectivity index (χ1) is 7.45. The summed E-state index contributed by atoms with van der Waals surface area (Å²) in [6.45, 7) is 11.3. The molecule has 1 N–H and O–H groups in total. The molecule has 90 valence electrons. The van der Waals surface area contributed by atoms with Gasteiger partial charge in [0, 0.05) is 37.7 Å². The zero-order valence-electron chi connectivity index (χ0n) is 10.7. The van der Waals surface area contributed by atoms with Crippen LogP contribution in [0.5, 0.6) is 0 Å². The number of hydrogen-bond acceptors (Lipinski definition) is 3. The van der Waals surface area contributed by atoms with Crippen LogP contribution in [0.3, 0.4) is 0 Å². The summed E-state index contributed by atoms with van der Waals surface area (Å²) in [5.74, 6) is 0. The Labute approximate surface area is 97.7 Å². The van der Waals surface area contributed by atoms with E-state index in [1.54, 1.807) is 4.68 Å². The van der Waals surface area contributed by atoms with E-state index in [-0.39, 0.29) is 5.41 Å². The minimum Gasteiger partial charge on any atom is -0.314 e. The van der Waals surface area contributed by atoms with Gasteiger partial charge in [0.1, 0.15) is 0 Å². The van der Waals surface area contributed by atoms with Crippen molar-refractivity contribution in [1.82, 2.24) is 20.3 Å². The molecule has 0 saturated heterocycles. The van der Waals surface area contributed by atoms with Crippen LogP contribution in [0, 0.1) is 5.41 Å². The van der Waals surface area contributed by atoms with Gasteiger partial charge in [-0.2, -0.15) is 0 Å². The van der Waals surface area contributed by atoms with Gasteiger partial charge in [0.15, 0.2) is 0 Å². The van der Waals surface area contributed by atoms with Crippen LogP contribution in [-0.2, 0) is 13.5 Å². The van der Waals surface area contributed by atoms with Crippen LogP contribution < -0.4 is 5.32 Å². The van der Waals surface area contributed by atoms with Gasteiger partial charge in [-0.25, -0.2) is 0 Å². The van der Waals surface area contributed by atoms with Crippen LogP contribution in [0.15, 0.2) is 18.9 Å². The summed E-state index contributed by atoms with van der Waals surface area (Å²) < 4.78 is 1.73. The van der Waals surface area contributed by atoms with Crippen molar-refractivity contribution < 1.29 is 0 Å². The molecule has 0 spiro atoms. The molecule has 1 rings (SSSR count). The zero-order chi connectivity index (χ0) is 12.2. The molecule has 0 amide bonds. The Bertz CT molecular complexity index is 343. The molecular formula is C12H22N4. The van der Waals surface area contributed by atoms with Gasteiger partial charge in [-0.15, -0.1) is 11.7 Å². The van der Waals surface area contributed by atoms with E-state index in [2.05, 4.69) is 43.0 Å². The van der Waals surface area contributed by atoms with Crippen LogP contribution in [-0.4, -0.2) is 27.6 Å². The first kappa shape index (κ1) is 12.9. The lowest BCUT2D eigenvalue weighted by atomic mass is 9.85. The molecular weight excluding hydrogens is 200 g/mol. The van der Waals surface area contributed by atoms with E-state index < -0.39 is 0 Å². The van der Waals surface area contributed by atoms with Gasteiger partial charge in [-0.1, -0.05) is 32.1 Å². The number of aromatic nitrogens is 3. The second-order valence-electron chi connectivity index (χ2n) is 4.95. The normalized spacial score (nSPS) is 15.1. The van der Waals surface area contributed by atoms with Crippen LogP contribution in [0.2, 0.25) is 0 Å². The molecule has 4 heteroatoms. The maximum Gasteiger partial charge on any atom is 0.0836 e. The first-order valence-electron chi connectivity index (χ1n) is 5.67. The topological polar surface area (TPSA) is 42.7 Å². The third kappa shape index (κ3) is 3.77. The summed E-state index contributed by atoms with van der Waals surface area (Å²) in [6, 6.07) is 0.487. The van der Waals surface area contributed by atoms with Crippen molar-refractivity contribution in [2.75, 3.05) is 6.54 Å². The molecule has 0 radical (unpaired) electrons. The lowest BCUT2D eigenvalue weighted by Crippen LogP contribution is -2.35. The van der Waals surface area contributed by atoms with Crippen LogP contribution in [0.4, 0.5) is 0 Å². The zero-order valence-corrected chi connectivity index (χ0v) is 10.7. The lowest BCUT2D eigenvalue weighted by molar-refractivity contribution is 0.370. The minimum absolute atomic E-state index is 0.0281. The van der Waals surface area contributed by atoms with E-state index in [0.717, 1.165) is 18.7 Å². The van der Waals surface area contributed by atoms with Gasteiger partial charge in [-0.3, -0.25) is 4.68 Å². The van der Waals surface area contributed by atoms with Gasteiger partial charge in [0.05, 0.1) is 5.69 Å². The quantitative estimate of drug-likeness (QED) is 0.743. The number of nitrogens with one attached hydrogen (secondary N) is 1. The van der Waals surface area contributed by atoms with E-state index >= 15 is 0 Å². The second kappa shape index (κ2) is 5.25. The molecule has 0 bridgehead atoms. The summed E-state index contributed by atoms with van der Waals surface area (Å²) in [6.07, 6.45) is 4.82. The molecule has 0 saturated carbocycles. The summed E-state index contributed by atoms with van der Waals surface area (Å²) in [5.41, 5.74) is 1.04. The summed E-state index contributed by atoms with van der Waals surface area (Å²) >= 11 is 0. The SMILES string of the molecule is C=CC(C)(CNC(C)C)Cc1cn(C)nn1. The highest BCUT2D eigenvalue weighted by Gasteiger charge is 2.22. The van der Waals surface area contributed by atoms with Crippen molar-refractivity contribution in [1.29, 1.82) is 0 Å². The number of hydrogen-bond donors (Lipinski definition) is 1. The Morgan fingerprint density at radius 2 is 2.31 bits per heavy atom. The molecule has 16 heavy (non-hydrogen) atoms. The predicted octanol–water partition coefficient (Wildman–Crippen LogP) is 1.55. The molecule has 4 nitrogen and oxygen atoms in total. The Morgan fingerprint density at radius 3 is 2.75 bits per heavy atom. The number of rotatable bonds is 6. The Hall–Kier alpha value is -1.16. The van der Waals surface area contributed by atoms with Crippen molar-refractivity contribution in [3.05, 3.63) is 24.5 Å². The van der Waals surface area contributed by atoms with Crippen LogP contribution >= 0.6 is 0 Å². The highest BCUT2D eigenvalue weighted by atomic mass is 15.4. The third-order valence-electron chi connectivity index (χ3n) is 2.64. The monoisotopic (exact) mass is 222 g/mol. The Kier molecular flexibility index (Phi) is 4.24. The molecule has 1 aromatic heterocycles. The number of aryl methyl sites for hydroxylation is 1. The molecule has 0 aliphatic rings. The average Bonchev–Trinajstić information content (AvgIpc) is 2.61. The van der Waals surface area contributed by atoms with Gasteiger partial charge < -0.3 is 5.32 Å². The summed E-state index contributed by atoms with van der Waals surface area (Å²) in [7, 11) is 1.88. The molecule has 0 aliphatic heterocycles. The second-order valence-corrected chi connectivity index (χ2v) is 4.95. The van der Waals surface area contributed by atoms with Gasteiger partial charge >= 0.3 is 0 Å². The van der Waals surface area contributed by atoms with Crippen molar-refractivity contribution in [3.63, 3.8) is 0 Å². The van der Waals surface area contributed by atoms with E-state index in [0.29, 0.717) is 6.04 Å². The van der Waals surface area contributed by atoms with Crippen molar-refractivity contribution in [3.8, 4) is 0 Å². The van der Waals surface area contributed by atoms with Gasteiger partial charge in [0.2, 0.25) is 0 Å². The van der Waals surface area contributed by atoms with Crippen LogP contribution in [0.1, 0.15) is 26.5 Å². The predicted molar refractivity (Wildman–Crippen MR) is 66.1 cm³/mol. The first-order valence-corrected chi connectivity index (χ1v) is 5.67.